The first kappa shape index (κ1) is 22.4. The largest absolute Gasteiger partial charge is 0.385 e. The summed E-state index contributed by atoms with van der Waals surface area (Å²) in [5.74, 6) is -0.612. The molecule has 2 amide bonds. The summed E-state index contributed by atoms with van der Waals surface area (Å²) < 4.78 is 26.2. The summed E-state index contributed by atoms with van der Waals surface area (Å²) in [6, 6.07) is 15.5. The molecule has 0 saturated heterocycles. The van der Waals surface area contributed by atoms with Crippen molar-refractivity contribution in [3.05, 3.63) is 54.6 Å². The van der Waals surface area contributed by atoms with E-state index in [1.807, 2.05) is 30.3 Å². The van der Waals surface area contributed by atoms with Crippen molar-refractivity contribution in [1.82, 2.24) is 9.62 Å². The number of rotatable bonds is 10. The number of carbonyl (C=O) groups excluding carboxylic acids is 2. The van der Waals surface area contributed by atoms with Crippen molar-refractivity contribution < 1.29 is 18.0 Å². The van der Waals surface area contributed by atoms with Gasteiger partial charge in [0, 0.05) is 38.4 Å². The zero-order valence-corrected chi connectivity index (χ0v) is 17.3. The Balaban J connectivity index is 1.77. The Morgan fingerprint density at radius 2 is 1.59 bits per heavy atom. The van der Waals surface area contributed by atoms with Crippen molar-refractivity contribution in [3.63, 3.8) is 0 Å². The Labute approximate surface area is 171 Å². The molecule has 0 fully saturated rings. The first-order valence-corrected chi connectivity index (χ1v) is 10.6. The van der Waals surface area contributed by atoms with Crippen LogP contribution in [0.1, 0.15) is 13.3 Å². The van der Waals surface area contributed by atoms with E-state index in [2.05, 4.69) is 16.0 Å². The van der Waals surface area contributed by atoms with Crippen LogP contribution in [0.5, 0.6) is 0 Å². The number of nitrogens with one attached hydrogen (secondary N) is 3. The smallest absolute Gasteiger partial charge is 0.243 e. The molecule has 29 heavy (non-hydrogen) atoms. The zero-order chi connectivity index (χ0) is 21.3. The normalized spacial score (nSPS) is 11.1. The molecule has 0 bridgehead atoms. The monoisotopic (exact) mass is 418 g/mol. The molecule has 8 nitrogen and oxygen atoms in total. The predicted octanol–water partition coefficient (Wildman–Crippen LogP) is 1.88. The van der Waals surface area contributed by atoms with E-state index in [4.69, 9.17) is 0 Å². The molecule has 9 heteroatoms. The number of hydrogen-bond acceptors (Lipinski definition) is 5. The number of hydrogen-bond donors (Lipinski definition) is 3. The second-order valence-electron chi connectivity index (χ2n) is 6.46. The number of sulfonamides is 1. The molecule has 2 aromatic rings. The van der Waals surface area contributed by atoms with Crippen molar-refractivity contribution in [2.75, 3.05) is 37.3 Å². The molecule has 0 aromatic heterocycles. The van der Waals surface area contributed by atoms with E-state index in [1.165, 1.54) is 38.2 Å². The summed E-state index contributed by atoms with van der Waals surface area (Å²) in [5, 5.41) is 8.53. The van der Waals surface area contributed by atoms with Crippen LogP contribution in [-0.4, -0.2) is 51.2 Å². The van der Waals surface area contributed by atoms with Crippen LogP contribution < -0.4 is 16.0 Å². The molecule has 3 N–H and O–H groups in total. The number of para-hydroxylation sites is 1. The second-order valence-corrected chi connectivity index (χ2v) is 8.51. The predicted molar refractivity (Wildman–Crippen MR) is 113 cm³/mol. The Kier molecular flexibility index (Phi) is 8.17. The molecule has 0 aliphatic rings. The number of likely N-dealkylation sites (N-methyl/N-ethyl adjacent to an activating group) is 1. The maximum Gasteiger partial charge on any atom is 0.243 e. The lowest BCUT2D eigenvalue weighted by Crippen LogP contribution is -2.38. The Hall–Kier alpha value is -2.91. The first-order valence-electron chi connectivity index (χ1n) is 9.18. The molecule has 0 aliphatic carbocycles. The summed E-state index contributed by atoms with van der Waals surface area (Å²) in [6.45, 7) is 2.23. The minimum atomic E-state index is -3.80. The minimum Gasteiger partial charge on any atom is -0.385 e. The average molecular weight is 419 g/mol. The van der Waals surface area contributed by atoms with Crippen LogP contribution in [0.3, 0.4) is 0 Å². The number of benzene rings is 2. The van der Waals surface area contributed by atoms with E-state index in [0.29, 0.717) is 25.2 Å². The summed E-state index contributed by atoms with van der Waals surface area (Å²) >= 11 is 0. The van der Waals surface area contributed by atoms with Gasteiger partial charge in [-0.25, -0.2) is 8.42 Å². The van der Waals surface area contributed by atoms with Crippen LogP contribution in [0.4, 0.5) is 11.4 Å². The van der Waals surface area contributed by atoms with Crippen LogP contribution in [0.15, 0.2) is 59.5 Å². The molecule has 0 aliphatic heterocycles. The summed E-state index contributed by atoms with van der Waals surface area (Å²) in [6.07, 6.45) is 0.710. The van der Waals surface area contributed by atoms with Crippen LogP contribution in [0.2, 0.25) is 0 Å². The van der Waals surface area contributed by atoms with Crippen LogP contribution >= 0.6 is 0 Å². The van der Waals surface area contributed by atoms with Crippen molar-refractivity contribution in [2.24, 2.45) is 0 Å². The van der Waals surface area contributed by atoms with Gasteiger partial charge in [-0.1, -0.05) is 18.2 Å². The van der Waals surface area contributed by atoms with Crippen molar-refractivity contribution in [3.8, 4) is 0 Å². The van der Waals surface area contributed by atoms with Crippen LogP contribution in [0, 0.1) is 0 Å². The van der Waals surface area contributed by atoms with Gasteiger partial charge >= 0.3 is 0 Å². The number of nitrogens with zero attached hydrogens (tertiary/aromatic N) is 1. The fourth-order valence-corrected chi connectivity index (χ4v) is 3.67. The number of carbonyl (C=O) groups is 2. The fraction of sp³-hybridized carbons (Fsp3) is 0.300. The SMILES string of the molecule is CC(=O)Nc1ccc(S(=O)(=O)N(C)CC(=O)NCCCNc2ccccc2)cc1. The lowest BCUT2D eigenvalue weighted by Gasteiger charge is -2.17. The molecule has 2 rings (SSSR count). The van der Waals surface area contributed by atoms with Gasteiger partial charge < -0.3 is 16.0 Å². The molecule has 0 radical (unpaired) electrons. The topological polar surface area (TPSA) is 108 Å². The van der Waals surface area contributed by atoms with E-state index in [-0.39, 0.29) is 23.3 Å². The maximum atomic E-state index is 12.6. The van der Waals surface area contributed by atoms with Gasteiger partial charge in [-0.2, -0.15) is 4.31 Å². The van der Waals surface area contributed by atoms with Gasteiger partial charge in [0.05, 0.1) is 11.4 Å². The molecular weight excluding hydrogens is 392 g/mol. The summed E-state index contributed by atoms with van der Waals surface area (Å²) in [5.41, 5.74) is 1.51. The van der Waals surface area contributed by atoms with Crippen LogP contribution in [0.25, 0.3) is 0 Å². The molecule has 0 unspecified atom stereocenters. The fourth-order valence-electron chi connectivity index (χ4n) is 2.54. The highest BCUT2D eigenvalue weighted by molar-refractivity contribution is 7.89. The second kappa shape index (κ2) is 10.6. The lowest BCUT2D eigenvalue weighted by molar-refractivity contribution is -0.121. The first-order chi connectivity index (χ1) is 13.8. The molecule has 156 valence electrons. The zero-order valence-electron chi connectivity index (χ0n) is 16.5. The standard InChI is InChI=1S/C20H26N4O4S/c1-16(25)23-18-9-11-19(12-10-18)29(27,28)24(2)15-20(26)22-14-6-13-21-17-7-4-3-5-8-17/h3-5,7-12,21H,6,13-15H2,1-2H3,(H,22,26)(H,23,25). The molecular formula is C20H26N4O4S. The van der Waals surface area contributed by atoms with Gasteiger partial charge in [-0.15, -0.1) is 0 Å². The summed E-state index contributed by atoms with van der Waals surface area (Å²) in [4.78, 5) is 23.1. The van der Waals surface area contributed by atoms with E-state index >= 15 is 0 Å². The van der Waals surface area contributed by atoms with Gasteiger partial charge in [-0.3, -0.25) is 9.59 Å². The third kappa shape index (κ3) is 7.20. The van der Waals surface area contributed by atoms with Crippen molar-refractivity contribution >= 4 is 33.2 Å². The Morgan fingerprint density at radius 3 is 2.21 bits per heavy atom. The van der Waals surface area contributed by atoms with Gasteiger partial charge in [0.25, 0.3) is 0 Å². The maximum absolute atomic E-state index is 12.6. The molecule has 0 heterocycles. The van der Waals surface area contributed by atoms with Crippen molar-refractivity contribution in [2.45, 2.75) is 18.2 Å². The van der Waals surface area contributed by atoms with E-state index in [1.54, 1.807) is 0 Å². The highest BCUT2D eigenvalue weighted by Gasteiger charge is 2.22. The minimum absolute atomic E-state index is 0.0500. The van der Waals surface area contributed by atoms with Crippen molar-refractivity contribution in [1.29, 1.82) is 0 Å². The third-order valence-electron chi connectivity index (χ3n) is 4.03. The van der Waals surface area contributed by atoms with Crippen LogP contribution in [-0.2, 0) is 19.6 Å². The van der Waals surface area contributed by atoms with E-state index < -0.39 is 10.0 Å². The van der Waals surface area contributed by atoms with E-state index in [9.17, 15) is 18.0 Å². The Bertz CT molecular complexity index is 915. The van der Waals surface area contributed by atoms with Gasteiger partial charge in [0.2, 0.25) is 21.8 Å². The molecule has 0 atom stereocenters. The molecule has 0 saturated carbocycles. The number of amides is 2. The highest BCUT2D eigenvalue weighted by atomic mass is 32.2. The highest BCUT2D eigenvalue weighted by Crippen LogP contribution is 2.17. The van der Waals surface area contributed by atoms with Gasteiger partial charge in [0.1, 0.15) is 0 Å². The van der Waals surface area contributed by atoms with Gasteiger partial charge in [-0.05, 0) is 42.8 Å². The average Bonchev–Trinajstić information content (AvgIpc) is 2.68. The van der Waals surface area contributed by atoms with E-state index in [0.717, 1.165) is 9.99 Å². The third-order valence-corrected chi connectivity index (χ3v) is 5.85. The van der Waals surface area contributed by atoms with Gasteiger partial charge in [0.15, 0.2) is 0 Å². The molecule has 0 spiro atoms. The number of anilines is 2. The summed E-state index contributed by atoms with van der Waals surface area (Å²) in [7, 11) is -2.45. The Morgan fingerprint density at radius 1 is 0.931 bits per heavy atom. The molecule has 2 aromatic carbocycles. The lowest BCUT2D eigenvalue weighted by atomic mass is 10.3. The quantitative estimate of drug-likeness (QED) is 0.511.